The number of para-hydroxylation sites is 1. The van der Waals surface area contributed by atoms with Crippen LogP contribution in [0.4, 0.5) is 16.2 Å². The summed E-state index contributed by atoms with van der Waals surface area (Å²) in [7, 11) is 0. The van der Waals surface area contributed by atoms with E-state index >= 15 is 0 Å². The Morgan fingerprint density at radius 3 is 2.49 bits per heavy atom. The lowest BCUT2D eigenvalue weighted by molar-refractivity contribution is -0.120. The predicted molar refractivity (Wildman–Crippen MR) is 158 cm³/mol. The number of aliphatic imine (C=N–C) groups is 1. The molecule has 202 valence electrons. The number of imidazole rings is 1. The molecule has 1 aliphatic rings. The van der Waals surface area contributed by atoms with Crippen molar-refractivity contribution in [2.75, 3.05) is 16.8 Å². The average Bonchev–Trinajstić information content (AvgIpc) is 3.42. The summed E-state index contributed by atoms with van der Waals surface area (Å²) in [6.07, 6.45) is 0.280. The molecule has 0 aliphatic carbocycles. The van der Waals surface area contributed by atoms with Gasteiger partial charge in [-0.3, -0.25) is 9.59 Å². The van der Waals surface area contributed by atoms with Gasteiger partial charge in [0.2, 0.25) is 6.17 Å². The number of anilines is 2. The lowest BCUT2D eigenvalue weighted by Crippen LogP contribution is -2.49. The summed E-state index contributed by atoms with van der Waals surface area (Å²) in [6, 6.07) is 28.6. The van der Waals surface area contributed by atoms with E-state index in [1.165, 1.54) is 4.90 Å². The number of ketones is 1. The van der Waals surface area contributed by atoms with Crippen molar-refractivity contribution in [3.05, 3.63) is 126 Å². The number of benzodiazepines with no additional fused rings is 1. The maximum absolute atomic E-state index is 14.0. The van der Waals surface area contributed by atoms with Crippen molar-refractivity contribution in [3.8, 4) is 0 Å². The number of aryl methyl sites for hydroxylation is 1. The maximum Gasteiger partial charge on any atom is 0.321 e. The van der Waals surface area contributed by atoms with E-state index in [0.29, 0.717) is 28.2 Å². The van der Waals surface area contributed by atoms with Gasteiger partial charge in [0.1, 0.15) is 0 Å². The molecule has 0 saturated carbocycles. The summed E-state index contributed by atoms with van der Waals surface area (Å²) in [6.45, 7) is 1.73. The fraction of sp³-hybridized carbons (Fsp3) is 0.0938. The van der Waals surface area contributed by atoms with Crippen molar-refractivity contribution in [3.63, 3.8) is 0 Å². The Morgan fingerprint density at radius 2 is 1.68 bits per heavy atom. The van der Waals surface area contributed by atoms with Crippen LogP contribution in [0.3, 0.4) is 0 Å². The Bertz CT molecular complexity index is 1790. The average molecular weight is 543 g/mol. The van der Waals surface area contributed by atoms with Gasteiger partial charge >= 0.3 is 6.03 Å². The number of amides is 3. The number of Topliss-reactive ketones (excluding diaryl/α,β-unsaturated/α-hetero) is 1. The largest absolute Gasteiger partial charge is 0.345 e. The second-order valence-electron chi connectivity index (χ2n) is 9.71. The standard InChI is InChI=1S/C32H26N6O3/c1-20-11-13-21(14-12-20)28(39)18-38-27-10-6-5-9-24(27)29(22-7-3-2-4-8-22)36-30(31(38)40)37-32(41)35-23-15-16-25-26(17-23)34-19-33-25/h2-17,19,30H,18H2,1H3,(H,33,34)(H2,35,37,41). The van der Waals surface area contributed by atoms with E-state index in [-0.39, 0.29) is 12.3 Å². The van der Waals surface area contributed by atoms with Crippen LogP contribution in [0.1, 0.15) is 27.0 Å². The van der Waals surface area contributed by atoms with Gasteiger partial charge in [-0.15, -0.1) is 0 Å². The van der Waals surface area contributed by atoms with Gasteiger partial charge < -0.3 is 20.5 Å². The quantitative estimate of drug-likeness (QED) is 0.259. The van der Waals surface area contributed by atoms with E-state index in [1.807, 2.05) is 67.6 Å². The first-order valence-electron chi connectivity index (χ1n) is 13.1. The molecule has 4 aromatic carbocycles. The first-order chi connectivity index (χ1) is 20.0. The molecule has 6 rings (SSSR count). The molecule has 3 amide bonds. The summed E-state index contributed by atoms with van der Waals surface area (Å²) in [4.78, 5) is 53.9. The third kappa shape index (κ3) is 5.33. The molecule has 1 atom stereocenters. The van der Waals surface area contributed by atoms with Gasteiger partial charge in [-0.2, -0.15) is 0 Å². The molecule has 9 heteroatoms. The normalized spacial score (nSPS) is 14.7. The minimum Gasteiger partial charge on any atom is -0.345 e. The number of carbonyl (C=O) groups excluding carboxylic acids is 3. The van der Waals surface area contributed by atoms with Gasteiger partial charge in [0.15, 0.2) is 5.78 Å². The Balaban J connectivity index is 1.36. The fourth-order valence-corrected chi connectivity index (χ4v) is 4.79. The van der Waals surface area contributed by atoms with E-state index in [1.54, 1.807) is 42.7 Å². The van der Waals surface area contributed by atoms with Crippen LogP contribution in [0.25, 0.3) is 11.0 Å². The van der Waals surface area contributed by atoms with E-state index in [9.17, 15) is 14.4 Å². The Morgan fingerprint density at radius 1 is 0.927 bits per heavy atom. The maximum atomic E-state index is 14.0. The van der Waals surface area contributed by atoms with Crippen LogP contribution in [-0.2, 0) is 4.79 Å². The molecule has 0 saturated heterocycles. The molecule has 2 heterocycles. The number of benzene rings is 4. The Kier molecular flexibility index (Phi) is 6.83. The lowest BCUT2D eigenvalue weighted by atomic mass is 10.00. The molecular formula is C32H26N6O3. The van der Waals surface area contributed by atoms with Crippen LogP contribution >= 0.6 is 0 Å². The summed E-state index contributed by atoms with van der Waals surface area (Å²) >= 11 is 0. The topological polar surface area (TPSA) is 120 Å². The number of hydrogen-bond acceptors (Lipinski definition) is 5. The van der Waals surface area contributed by atoms with Gasteiger partial charge in [-0.1, -0.05) is 78.4 Å². The van der Waals surface area contributed by atoms with Crippen LogP contribution in [0.5, 0.6) is 0 Å². The minimum absolute atomic E-state index is 0.215. The molecule has 3 N–H and O–H groups in total. The SMILES string of the molecule is Cc1ccc(C(=O)CN2C(=O)C(NC(=O)Nc3ccc4nc[nH]c4c3)N=C(c3ccccc3)c3ccccc32)cc1. The van der Waals surface area contributed by atoms with Crippen LogP contribution < -0.4 is 15.5 Å². The molecule has 0 radical (unpaired) electrons. The monoisotopic (exact) mass is 542 g/mol. The lowest BCUT2D eigenvalue weighted by Gasteiger charge is -2.25. The number of fused-ring (bicyclic) bond motifs is 2. The molecule has 9 nitrogen and oxygen atoms in total. The van der Waals surface area contributed by atoms with E-state index in [0.717, 1.165) is 22.2 Å². The molecule has 1 aliphatic heterocycles. The van der Waals surface area contributed by atoms with Crippen LogP contribution in [0.15, 0.2) is 108 Å². The van der Waals surface area contributed by atoms with Gasteiger partial charge in [0.05, 0.1) is 35.3 Å². The van der Waals surface area contributed by atoms with Crippen LogP contribution in [-0.4, -0.2) is 46.1 Å². The summed E-state index contributed by atoms with van der Waals surface area (Å²) in [5.74, 6) is -0.754. The molecular weight excluding hydrogens is 516 g/mol. The summed E-state index contributed by atoms with van der Waals surface area (Å²) in [5, 5.41) is 5.49. The third-order valence-electron chi connectivity index (χ3n) is 6.88. The number of rotatable bonds is 6. The van der Waals surface area contributed by atoms with Crippen LogP contribution in [0, 0.1) is 6.92 Å². The van der Waals surface area contributed by atoms with Gasteiger partial charge in [0, 0.05) is 22.4 Å². The van der Waals surface area contributed by atoms with Crippen molar-refractivity contribution in [2.45, 2.75) is 13.1 Å². The highest BCUT2D eigenvalue weighted by Crippen LogP contribution is 2.28. The molecule has 0 spiro atoms. The number of nitrogens with zero attached hydrogens (tertiary/aromatic N) is 3. The zero-order valence-electron chi connectivity index (χ0n) is 22.2. The molecule has 0 bridgehead atoms. The second kappa shape index (κ2) is 10.9. The number of nitrogens with one attached hydrogen (secondary N) is 3. The Hall–Kier alpha value is -5.57. The first-order valence-corrected chi connectivity index (χ1v) is 13.1. The fourth-order valence-electron chi connectivity index (χ4n) is 4.79. The molecule has 5 aromatic rings. The number of urea groups is 1. The Labute approximate surface area is 236 Å². The zero-order chi connectivity index (χ0) is 28.3. The number of H-pyrrole nitrogens is 1. The van der Waals surface area contributed by atoms with Crippen LogP contribution in [0.2, 0.25) is 0 Å². The highest BCUT2D eigenvalue weighted by atomic mass is 16.2. The summed E-state index contributed by atoms with van der Waals surface area (Å²) in [5.41, 5.74) is 6.08. The third-order valence-corrected chi connectivity index (χ3v) is 6.88. The minimum atomic E-state index is -1.29. The molecule has 41 heavy (non-hydrogen) atoms. The first kappa shape index (κ1) is 25.7. The van der Waals surface area contributed by atoms with Crippen molar-refractivity contribution in [1.29, 1.82) is 0 Å². The summed E-state index contributed by atoms with van der Waals surface area (Å²) < 4.78 is 0. The molecule has 0 fully saturated rings. The highest BCUT2D eigenvalue weighted by molar-refractivity contribution is 6.21. The van der Waals surface area contributed by atoms with Gasteiger partial charge in [-0.25, -0.2) is 14.8 Å². The molecule has 1 unspecified atom stereocenters. The molecule has 1 aromatic heterocycles. The highest BCUT2D eigenvalue weighted by Gasteiger charge is 2.34. The van der Waals surface area contributed by atoms with E-state index < -0.39 is 18.1 Å². The van der Waals surface area contributed by atoms with E-state index in [2.05, 4.69) is 20.6 Å². The second-order valence-corrected chi connectivity index (χ2v) is 9.71. The predicted octanol–water partition coefficient (Wildman–Crippen LogP) is 5.09. The number of hydrogen-bond donors (Lipinski definition) is 3. The van der Waals surface area contributed by atoms with Crippen molar-refractivity contribution >= 4 is 45.8 Å². The van der Waals surface area contributed by atoms with Crippen molar-refractivity contribution < 1.29 is 14.4 Å². The number of carbonyl (C=O) groups is 3. The smallest absolute Gasteiger partial charge is 0.321 e. The van der Waals surface area contributed by atoms with E-state index in [4.69, 9.17) is 4.99 Å². The van der Waals surface area contributed by atoms with Gasteiger partial charge in [0.25, 0.3) is 5.91 Å². The zero-order valence-corrected chi connectivity index (χ0v) is 22.2. The van der Waals surface area contributed by atoms with Gasteiger partial charge in [-0.05, 0) is 31.2 Å². The van der Waals surface area contributed by atoms with Crippen molar-refractivity contribution in [1.82, 2.24) is 15.3 Å². The number of aromatic amines is 1. The number of aromatic nitrogens is 2. The van der Waals surface area contributed by atoms with Crippen molar-refractivity contribution in [2.24, 2.45) is 4.99 Å².